The van der Waals surface area contributed by atoms with Crippen LogP contribution in [0.5, 0.6) is 5.75 Å². The van der Waals surface area contributed by atoms with Gasteiger partial charge in [-0.3, -0.25) is 0 Å². The molecule has 17 heavy (non-hydrogen) atoms. The molecule has 0 spiro atoms. The summed E-state index contributed by atoms with van der Waals surface area (Å²) in [5, 5.41) is 0. The van der Waals surface area contributed by atoms with Crippen LogP contribution in [0.3, 0.4) is 0 Å². The average molecular weight is 295 g/mol. The van der Waals surface area contributed by atoms with Crippen LogP contribution in [0.25, 0.3) is 0 Å². The van der Waals surface area contributed by atoms with E-state index in [2.05, 4.69) is 40.2 Å². The summed E-state index contributed by atoms with van der Waals surface area (Å²) < 4.78 is 5.77. The van der Waals surface area contributed by atoms with Crippen LogP contribution >= 0.6 is 15.9 Å². The zero-order chi connectivity index (χ0) is 11.7. The normalized spacial score (nSPS) is 31.9. The number of hydrogen-bond acceptors (Lipinski definition) is 1. The number of halogens is 1. The molecular weight excluding hydrogens is 276 g/mol. The van der Waals surface area contributed by atoms with Crippen molar-refractivity contribution in [2.75, 3.05) is 6.61 Å². The minimum absolute atomic E-state index is 0.620. The van der Waals surface area contributed by atoms with Crippen molar-refractivity contribution in [2.24, 2.45) is 5.92 Å². The van der Waals surface area contributed by atoms with Crippen molar-refractivity contribution >= 4 is 15.9 Å². The van der Waals surface area contributed by atoms with Gasteiger partial charge < -0.3 is 4.74 Å². The highest BCUT2D eigenvalue weighted by atomic mass is 79.9. The molecule has 1 fully saturated rings. The number of rotatable bonds is 2. The fraction of sp³-hybridized carbons (Fsp3) is 0.600. The Kier molecular flexibility index (Phi) is 3.41. The zero-order valence-electron chi connectivity index (χ0n) is 10.1. The lowest BCUT2D eigenvalue weighted by atomic mass is 9.81. The lowest BCUT2D eigenvalue weighted by Gasteiger charge is -2.29. The highest BCUT2D eigenvalue weighted by Gasteiger charge is 2.30. The van der Waals surface area contributed by atoms with Gasteiger partial charge in [-0.25, -0.2) is 0 Å². The molecule has 0 N–H and O–H groups in total. The Morgan fingerprint density at radius 1 is 1.18 bits per heavy atom. The molecule has 0 saturated heterocycles. The van der Waals surface area contributed by atoms with Crippen LogP contribution in [0.1, 0.15) is 43.6 Å². The van der Waals surface area contributed by atoms with E-state index in [0.29, 0.717) is 5.92 Å². The topological polar surface area (TPSA) is 9.23 Å². The molecule has 2 heteroatoms. The van der Waals surface area contributed by atoms with Crippen LogP contribution in [0.2, 0.25) is 0 Å². The van der Waals surface area contributed by atoms with E-state index in [4.69, 9.17) is 4.74 Å². The van der Waals surface area contributed by atoms with Gasteiger partial charge in [-0.2, -0.15) is 0 Å². The third-order valence-corrected chi connectivity index (χ3v) is 5.41. The van der Waals surface area contributed by atoms with E-state index >= 15 is 0 Å². The Balaban J connectivity index is 1.70. The second-order valence-corrected chi connectivity index (χ2v) is 6.52. The highest BCUT2D eigenvalue weighted by Crippen LogP contribution is 2.41. The summed E-state index contributed by atoms with van der Waals surface area (Å²) in [7, 11) is 0. The van der Waals surface area contributed by atoms with Crippen molar-refractivity contribution in [3.8, 4) is 5.75 Å². The predicted molar refractivity (Wildman–Crippen MR) is 74.0 cm³/mol. The largest absolute Gasteiger partial charge is 0.493 e. The molecule has 3 rings (SSSR count). The van der Waals surface area contributed by atoms with Gasteiger partial charge in [-0.05, 0) is 31.2 Å². The molecular formula is C15H19BrO. The van der Waals surface area contributed by atoms with E-state index in [-0.39, 0.29) is 0 Å². The summed E-state index contributed by atoms with van der Waals surface area (Å²) in [5.74, 6) is 2.57. The lowest BCUT2D eigenvalue weighted by Crippen LogP contribution is -2.22. The Morgan fingerprint density at radius 3 is 2.88 bits per heavy atom. The minimum atomic E-state index is 0.620. The lowest BCUT2D eigenvalue weighted by molar-refractivity contribution is 0.281. The first kappa shape index (κ1) is 11.6. The fourth-order valence-corrected chi connectivity index (χ4v) is 4.02. The predicted octanol–water partition coefficient (Wildman–Crippen LogP) is 4.51. The van der Waals surface area contributed by atoms with Crippen molar-refractivity contribution in [2.45, 2.75) is 42.8 Å². The van der Waals surface area contributed by atoms with Crippen molar-refractivity contribution in [3.63, 3.8) is 0 Å². The maximum Gasteiger partial charge on any atom is 0.122 e. The number of benzene rings is 1. The standard InChI is InChI=1S/C15H19BrO/c16-14-7-3-1-5-11(14)9-12-10-17-15-8-4-2-6-13(12)15/h2,4,6,8,11-12,14H,1,3,5,7,9-10H2. The second-order valence-electron chi connectivity index (χ2n) is 5.34. The summed E-state index contributed by atoms with van der Waals surface area (Å²) in [6.07, 6.45) is 6.81. The maximum atomic E-state index is 5.77. The van der Waals surface area contributed by atoms with E-state index in [1.165, 1.54) is 37.7 Å². The summed E-state index contributed by atoms with van der Waals surface area (Å²) in [5.41, 5.74) is 1.43. The van der Waals surface area contributed by atoms with Crippen LogP contribution in [0.4, 0.5) is 0 Å². The van der Waals surface area contributed by atoms with Crippen molar-refractivity contribution < 1.29 is 4.74 Å². The average Bonchev–Trinajstić information content (AvgIpc) is 2.76. The number of fused-ring (bicyclic) bond motifs is 1. The molecule has 1 aliphatic heterocycles. The quantitative estimate of drug-likeness (QED) is 0.730. The number of para-hydroxylation sites is 1. The Labute approximate surface area is 112 Å². The molecule has 0 radical (unpaired) electrons. The van der Waals surface area contributed by atoms with E-state index in [9.17, 15) is 0 Å². The van der Waals surface area contributed by atoms with E-state index in [1.54, 1.807) is 0 Å². The van der Waals surface area contributed by atoms with E-state index in [0.717, 1.165) is 23.1 Å². The van der Waals surface area contributed by atoms with Crippen molar-refractivity contribution in [1.82, 2.24) is 0 Å². The molecule has 1 aromatic rings. The second kappa shape index (κ2) is 5.01. The van der Waals surface area contributed by atoms with Gasteiger partial charge in [0.2, 0.25) is 0 Å². The SMILES string of the molecule is BrC1CCCCC1CC1COc2ccccc21. The monoisotopic (exact) mass is 294 g/mol. The van der Waals surface area contributed by atoms with Gasteiger partial charge in [-0.1, -0.05) is 47.0 Å². The van der Waals surface area contributed by atoms with Crippen LogP contribution in [0.15, 0.2) is 24.3 Å². The summed E-state index contributed by atoms with van der Waals surface area (Å²) in [6.45, 7) is 0.884. The Hall–Kier alpha value is -0.500. The van der Waals surface area contributed by atoms with Crippen molar-refractivity contribution in [3.05, 3.63) is 29.8 Å². The number of ether oxygens (including phenoxy) is 1. The molecule has 92 valence electrons. The molecule has 3 unspecified atom stereocenters. The molecule has 0 bridgehead atoms. The van der Waals surface area contributed by atoms with Crippen LogP contribution in [0, 0.1) is 5.92 Å². The molecule has 2 aliphatic rings. The Bertz CT molecular complexity index is 390. The van der Waals surface area contributed by atoms with Gasteiger partial charge in [-0.15, -0.1) is 0 Å². The van der Waals surface area contributed by atoms with Gasteiger partial charge in [0, 0.05) is 16.3 Å². The van der Waals surface area contributed by atoms with E-state index < -0.39 is 0 Å². The van der Waals surface area contributed by atoms with Gasteiger partial charge in [0.25, 0.3) is 0 Å². The molecule has 3 atom stereocenters. The third-order valence-electron chi connectivity index (χ3n) is 4.20. The fourth-order valence-electron chi connectivity index (χ4n) is 3.22. The van der Waals surface area contributed by atoms with Crippen LogP contribution in [-0.2, 0) is 0 Å². The molecule has 0 amide bonds. The Morgan fingerprint density at radius 2 is 2.00 bits per heavy atom. The number of hydrogen-bond donors (Lipinski definition) is 0. The zero-order valence-corrected chi connectivity index (χ0v) is 11.7. The summed E-state index contributed by atoms with van der Waals surface area (Å²) in [4.78, 5) is 0.726. The molecule has 1 heterocycles. The summed E-state index contributed by atoms with van der Waals surface area (Å²) in [6, 6.07) is 8.53. The van der Waals surface area contributed by atoms with E-state index in [1.807, 2.05) is 0 Å². The minimum Gasteiger partial charge on any atom is -0.493 e. The molecule has 0 aromatic heterocycles. The van der Waals surface area contributed by atoms with Gasteiger partial charge in [0.1, 0.15) is 5.75 Å². The molecule has 1 saturated carbocycles. The smallest absolute Gasteiger partial charge is 0.122 e. The van der Waals surface area contributed by atoms with Gasteiger partial charge in [0.05, 0.1) is 6.61 Å². The third kappa shape index (κ3) is 2.37. The first-order valence-corrected chi connectivity index (χ1v) is 7.62. The maximum absolute atomic E-state index is 5.77. The summed E-state index contributed by atoms with van der Waals surface area (Å²) >= 11 is 3.86. The first-order valence-electron chi connectivity index (χ1n) is 6.70. The van der Waals surface area contributed by atoms with Crippen molar-refractivity contribution in [1.29, 1.82) is 0 Å². The molecule has 1 aromatic carbocycles. The first-order chi connectivity index (χ1) is 8.34. The van der Waals surface area contributed by atoms with Gasteiger partial charge >= 0.3 is 0 Å². The van der Waals surface area contributed by atoms with Gasteiger partial charge in [0.15, 0.2) is 0 Å². The van der Waals surface area contributed by atoms with Crippen LogP contribution < -0.4 is 4.74 Å². The number of alkyl halides is 1. The molecule has 1 aliphatic carbocycles. The van der Waals surface area contributed by atoms with Crippen LogP contribution in [-0.4, -0.2) is 11.4 Å². The highest BCUT2D eigenvalue weighted by molar-refractivity contribution is 9.09. The molecule has 1 nitrogen and oxygen atoms in total.